The van der Waals surface area contributed by atoms with Crippen molar-refractivity contribution in [1.29, 1.82) is 0 Å². The summed E-state index contributed by atoms with van der Waals surface area (Å²) in [6.07, 6.45) is 0. The first-order valence-corrected chi connectivity index (χ1v) is 6.85. The van der Waals surface area contributed by atoms with E-state index in [1.54, 1.807) is 19.2 Å². The Kier molecular flexibility index (Phi) is 3.25. The van der Waals surface area contributed by atoms with Crippen molar-refractivity contribution < 1.29 is 13.6 Å². The van der Waals surface area contributed by atoms with Gasteiger partial charge in [-0.1, -0.05) is 15.9 Å². The first-order valence-electron chi connectivity index (χ1n) is 6.06. The van der Waals surface area contributed by atoms with Gasteiger partial charge in [-0.15, -0.1) is 0 Å². The second-order valence-corrected chi connectivity index (χ2v) is 5.51. The number of nitrogens with zero attached hydrogens (tertiary/aromatic N) is 1. The SMILES string of the molecule is Cn1c(=O)oc2cc(C(=O)c3cc(F)cc(Br)c3)ccc21. The van der Waals surface area contributed by atoms with Crippen LogP contribution < -0.4 is 5.76 Å². The monoisotopic (exact) mass is 349 g/mol. The normalized spacial score (nSPS) is 11.0. The fourth-order valence-electron chi connectivity index (χ4n) is 2.13. The summed E-state index contributed by atoms with van der Waals surface area (Å²) in [6.45, 7) is 0. The number of ketones is 1. The second kappa shape index (κ2) is 4.96. The lowest BCUT2D eigenvalue weighted by molar-refractivity contribution is 0.103. The lowest BCUT2D eigenvalue weighted by atomic mass is 10.0. The predicted molar refractivity (Wildman–Crippen MR) is 79.0 cm³/mol. The van der Waals surface area contributed by atoms with Gasteiger partial charge in [-0.3, -0.25) is 9.36 Å². The average Bonchev–Trinajstić information content (AvgIpc) is 2.71. The second-order valence-electron chi connectivity index (χ2n) is 4.60. The number of carbonyl (C=O) groups excluding carboxylic acids is 1. The molecule has 2 aromatic carbocycles. The van der Waals surface area contributed by atoms with E-state index in [1.165, 1.54) is 28.8 Å². The van der Waals surface area contributed by atoms with Gasteiger partial charge in [-0.2, -0.15) is 0 Å². The van der Waals surface area contributed by atoms with Gasteiger partial charge >= 0.3 is 5.76 Å². The molecular formula is C15H9BrFNO3. The van der Waals surface area contributed by atoms with Crippen LogP contribution in [0.5, 0.6) is 0 Å². The molecule has 0 spiro atoms. The molecule has 0 bridgehead atoms. The third kappa shape index (κ3) is 2.42. The van der Waals surface area contributed by atoms with E-state index in [0.717, 1.165) is 0 Å². The minimum absolute atomic E-state index is 0.222. The molecular weight excluding hydrogens is 341 g/mol. The van der Waals surface area contributed by atoms with Gasteiger partial charge < -0.3 is 4.42 Å². The van der Waals surface area contributed by atoms with Gasteiger partial charge in [0, 0.05) is 22.6 Å². The number of carbonyl (C=O) groups is 1. The van der Waals surface area contributed by atoms with Crippen LogP contribution in [0.15, 0.2) is 50.1 Å². The summed E-state index contributed by atoms with van der Waals surface area (Å²) in [5.41, 5.74) is 1.47. The largest absolute Gasteiger partial charge is 0.419 e. The van der Waals surface area contributed by atoms with Gasteiger partial charge in [0.25, 0.3) is 0 Å². The molecule has 1 heterocycles. The van der Waals surface area contributed by atoms with Crippen molar-refractivity contribution in [2.75, 3.05) is 0 Å². The van der Waals surface area contributed by atoms with Crippen molar-refractivity contribution in [3.8, 4) is 0 Å². The number of hydrogen-bond acceptors (Lipinski definition) is 3. The molecule has 0 saturated heterocycles. The van der Waals surface area contributed by atoms with E-state index >= 15 is 0 Å². The molecule has 106 valence electrons. The number of oxazole rings is 1. The molecule has 6 heteroatoms. The maximum atomic E-state index is 13.4. The number of benzene rings is 2. The standard InChI is InChI=1S/C15H9BrFNO3/c1-18-12-3-2-8(6-13(12)21-15(18)20)14(19)9-4-10(16)7-11(17)5-9/h2-7H,1H3. The van der Waals surface area contributed by atoms with E-state index in [0.29, 0.717) is 21.1 Å². The van der Waals surface area contributed by atoms with Crippen LogP contribution in [0.3, 0.4) is 0 Å². The van der Waals surface area contributed by atoms with E-state index < -0.39 is 11.6 Å². The Balaban J connectivity index is 2.11. The summed E-state index contributed by atoms with van der Waals surface area (Å²) >= 11 is 3.15. The topological polar surface area (TPSA) is 52.2 Å². The molecule has 0 aliphatic heterocycles. The molecule has 0 N–H and O–H groups in total. The molecule has 0 aliphatic carbocycles. The molecule has 0 unspecified atom stereocenters. The number of fused-ring (bicyclic) bond motifs is 1. The van der Waals surface area contributed by atoms with Gasteiger partial charge in [-0.25, -0.2) is 9.18 Å². The molecule has 3 aromatic rings. The van der Waals surface area contributed by atoms with Crippen LogP contribution in [0.25, 0.3) is 11.1 Å². The van der Waals surface area contributed by atoms with Crippen LogP contribution in [0.4, 0.5) is 4.39 Å². The van der Waals surface area contributed by atoms with Crippen molar-refractivity contribution in [2.24, 2.45) is 7.05 Å². The third-order valence-electron chi connectivity index (χ3n) is 3.18. The van der Waals surface area contributed by atoms with Crippen LogP contribution in [0.2, 0.25) is 0 Å². The zero-order valence-electron chi connectivity index (χ0n) is 10.9. The molecule has 0 atom stereocenters. The zero-order chi connectivity index (χ0) is 15.1. The van der Waals surface area contributed by atoms with E-state index in [2.05, 4.69) is 15.9 Å². The minimum atomic E-state index is -0.500. The van der Waals surface area contributed by atoms with Crippen LogP contribution in [0.1, 0.15) is 15.9 Å². The fourth-order valence-corrected chi connectivity index (χ4v) is 2.59. The first kappa shape index (κ1) is 13.8. The minimum Gasteiger partial charge on any atom is -0.408 e. The van der Waals surface area contributed by atoms with Crippen molar-refractivity contribution in [3.63, 3.8) is 0 Å². The van der Waals surface area contributed by atoms with Crippen LogP contribution in [0, 0.1) is 5.82 Å². The Morgan fingerprint density at radius 1 is 1.19 bits per heavy atom. The van der Waals surface area contributed by atoms with Gasteiger partial charge in [-0.05, 0) is 36.4 Å². The van der Waals surface area contributed by atoms with E-state index in [9.17, 15) is 14.0 Å². The summed E-state index contributed by atoms with van der Waals surface area (Å²) in [5, 5.41) is 0. The summed E-state index contributed by atoms with van der Waals surface area (Å²) in [6, 6.07) is 8.67. The number of hydrogen-bond donors (Lipinski definition) is 0. The van der Waals surface area contributed by atoms with Gasteiger partial charge in [0.1, 0.15) is 5.82 Å². The highest BCUT2D eigenvalue weighted by Gasteiger charge is 2.14. The maximum absolute atomic E-state index is 13.4. The molecule has 21 heavy (non-hydrogen) atoms. The van der Waals surface area contributed by atoms with Crippen LogP contribution in [-0.4, -0.2) is 10.4 Å². The molecule has 0 aliphatic rings. The predicted octanol–water partition coefficient (Wildman–Crippen LogP) is 3.26. The van der Waals surface area contributed by atoms with E-state index in [4.69, 9.17) is 4.42 Å². The number of halogens is 2. The summed E-state index contributed by atoms with van der Waals surface area (Å²) in [4.78, 5) is 23.8. The summed E-state index contributed by atoms with van der Waals surface area (Å²) in [7, 11) is 1.58. The molecule has 0 fully saturated rings. The molecule has 1 aromatic heterocycles. The molecule has 3 rings (SSSR count). The quantitative estimate of drug-likeness (QED) is 0.667. The highest BCUT2D eigenvalue weighted by atomic mass is 79.9. The molecule has 4 nitrogen and oxygen atoms in total. The van der Waals surface area contributed by atoms with E-state index in [1.807, 2.05) is 0 Å². The van der Waals surface area contributed by atoms with Crippen molar-refractivity contribution in [3.05, 3.63) is 68.4 Å². The summed E-state index contributed by atoms with van der Waals surface area (Å²) < 4.78 is 20.2. The third-order valence-corrected chi connectivity index (χ3v) is 3.64. The number of aryl methyl sites for hydroxylation is 1. The maximum Gasteiger partial charge on any atom is 0.419 e. The van der Waals surface area contributed by atoms with Crippen molar-refractivity contribution in [1.82, 2.24) is 4.57 Å². The Hall–Kier alpha value is -2.21. The van der Waals surface area contributed by atoms with Crippen molar-refractivity contribution >= 4 is 32.8 Å². The number of rotatable bonds is 2. The smallest absolute Gasteiger partial charge is 0.408 e. The Morgan fingerprint density at radius 3 is 2.67 bits per heavy atom. The molecule has 0 amide bonds. The highest BCUT2D eigenvalue weighted by Crippen LogP contribution is 2.20. The lowest BCUT2D eigenvalue weighted by Crippen LogP contribution is -2.08. The van der Waals surface area contributed by atoms with Crippen LogP contribution >= 0.6 is 15.9 Å². The van der Waals surface area contributed by atoms with Gasteiger partial charge in [0.2, 0.25) is 0 Å². The fraction of sp³-hybridized carbons (Fsp3) is 0.0667. The van der Waals surface area contributed by atoms with E-state index in [-0.39, 0.29) is 11.3 Å². The van der Waals surface area contributed by atoms with Crippen LogP contribution in [-0.2, 0) is 7.05 Å². The highest BCUT2D eigenvalue weighted by molar-refractivity contribution is 9.10. The Morgan fingerprint density at radius 2 is 1.95 bits per heavy atom. The Bertz CT molecular complexity index is 906. The lowest BCUT2D eigenvalue weighted by Gasteiger charge is -2.03. The Labute approximate surface area is 126 Å². The molecule has 0 saturated carbocycles. The van der Waals surface area contributed by atoms with Gasteiger partial charge in [0.15, 0.2) is 11.4 Å². The first-order chi connectivity index (χ1) is 9.95. The molecule has 0 radical (unpaired) electrons. The average molecular weight is 350 g/mol. The van der Waals surface area contributed by atoms with Gasteiger partial charge in [0.05, 0.1) is 5.52 Å². The summed E-state index contributed by atoms with van der Waals surface area (Å²) in [5.74, 6) is -1.34. The zero-order valence-corrected chi connectivity index (χ0v) is 12.5. The van der Waals surface area contributed by atoms with Crippen molar-refractivity contribution in [2.45, 2.75) is 0 Å². The number of aromatic nitrogens is 1.